The summed E-state index contributed by atoms with van der Waals surface area (Å²) in [5, 5.41) is 9.30. The average Bonchev–Trinajstić information content (AvgIpc) is 3.32. The molecule has 3 aromatic rings. The second-order valence-electron chi connectivity index (χ2n) is 5.30. The highest BCUT2D eigenvalue weighted by atomic mass is 32.2. The summed E-state index contributed by atoms with van der Waals surface area (Å²) in [4.78, 5) is 12.6. The molecule has 1 N–H and O–H groups in total. The minimum atomic E-state index is -3.92. The van der Waals surface area contributed by atoms with Crippen molar-refractivity contribution >= 4 is 27.3 Å². The molecule has 11 heteroatoms. The van der Waals surface area contributed by atoms with Gasteiger partial charge in [-0.05, 0) is 25.3 Å². The summed E-state index contributed by atoms with van der Waals surface area (Å²) in [7, 11) is -3.92. The molecule has 9 nitrogen and oxygen atoms in total. The van der Waals surface area contributed by atoms with Crippen molar-refractivity contribution in [2.75, 3.05) is 6.54 Å². The van der Waals surface area contributed by atoms with Crippen molar-refractivity contribution < 1.29 is 27.0 Å². The van der Waals surface area contributed by atoms with Crippen LogP contribution in [0.15, 0.2) is 37.5 Å². The third-order valence-electron chi connectivity index (χ3n) is 3.35. The number of carbonyl (C=O) groups excluding carboxylic acids is 1. The number of nitrogens with one attached hydrogen (secondary N) is 1. The zero-order valence-electron chi connectivity index (χ0n) is 13.9. The van der Waals surface area contributed by atoms with Crippen molar-refractivity contribution in [1.82, 2.24) is 15.0 Å². The minimum Gasteiger partial charge on any atom is -0.458 e. The highest BCUT2D eigenvalue weighted by molar-refractivity contribution is 7.89. The number of hydrogen-bond acceptors (Lipinski definition) is 9. The number of ether oxygens (including phenoxy) is 1. The van der Waals surface area contributed by atoms with E-state index in [9.17, 15) is 13.2 Å². The molecule has 0 aliphatic heterocycles. The molecule has 0 saturated carbocycles. The van der Waals surface area contributed by atoms with Gasteiger partial charge in [0.05, 0.1) is 4.88 Å². The summed E-state index contributed by atoms with van der Waals surface area (Å²) < 4.78 is 41.6. The first-order chi connectivity index (χ1) is 12.4. The Kier molecular flexibility index (Phi) is 5.20. The molecule has 0 fully saturated rings. The molecule has 138 valence electrons. The van der Waals surface area contributed by atoms with Crippen LogP contribution < -0.4 is 4.72 Å². The number of aryl methyl sites for hydroxylation is 2. The number of carbonyl (C=O) groups is 1. The van der Waals surface area contributed by atoms with Gasteiger partial charge < -0.3 is 13.8 Å². The summed E-state index contributed by atoms with van der Waals surface area (Å²) in [6.45, 7) is 2.32. The van der Waals surface area contributed by atoms with Crippen molar-refractivity contribution in [3.8, 4) is 10.6 Å². The number of esters is 1. The molecule has 0 aliphatic carbocycles. The Balaban J connectivity index is 1.53. The molecule has 0 radical (unpaired) electrons. The zero-order chi connectivity index (χ0) is 18.7. The number of rotatable bonds is 7. The van der Waals surface area contributed by atoms with Crippen molar-refractivity contribution in [2.45, 2.75) is 25.3 Å². The molecule has 0 bridgehead atoms. The molecule has 3 heterocycles. The lowest BCUT2D eigenvalue weighted by Gasteiger charge is -2.06. The topological polar surface area (TPSA) is 125 Å². The maximum atomic E-state index is 12.2. The van der Waals surface area contributed by atoms with Gasteiger partial charge >= 0.3 is 5.97 Å². The molecule has 0 aromatic carbocycles. The molecule has 0 spiro atoms. The normalized spacial score (nSPS) is 11.6. The molecule has 0 amide bonds. The number of sulfonamides is 1. The second kappa shape index (κ2) is 7.40. The van der Waals surface area contributed by atoms with Gasteiger partial charge in [0.2, 0.25) is 10.0 Å². The van der Waals surface area contributed by atoms with Crippen LogP contribution in [0, 0.1) is 13.8 Å². The Bertz CT molecular complexity index is 985. The summed E-state index contributed by atoms with van der Waals surface area (Å²) in [6.07, 6.45) is 0. The predicted molar refractivity (Wildman–Crippen MR) is 90.8 cm³/mol. The van der Waals surface area contributed by atoms with E-state index in [2.05, 4.69) is 15.0 Å². The Morgan fingerprint density at radius 1 is 1.31 bits per heavy atom. The van der Waals surface area contributed by atoms with Crippen molar-refractivity contribution in [3.05, 3.63) is 40.7 Å². The van der Waals surface area contributed by atoms with Crippen LogP contribution in [0.5, 0.6) is 0 Å². The second-order valence-corrected chi connectivity index (χ2v) is 7.95. The van der Waals surface area contributed by atoms with Gasteiger partial charge in [0, 0.05) is 6.07 Å². The van der Waals surface area contributed by atoms with Crippen LogP contribution in [0.4, 0.5) is 0 Å². The van der Waals surface area contributed by atoms with Crippen LogP contribution in [0.3, 0.4) is 0 Å². The van der Waals surface area contributed by atoms with Crippen molar-refractivity contribution in [3.63, 3.8) is 0 Å². The van der Waals surface area contributed by atoms with E-state index in [4.69, 9.17) is 13.8 Å². The predicted octanol–water partition coefficient (Wildman–Crippen LogP) is 2.03. The largest absolute Gasteiger partial charge is 0.458 e. The van der Waals surface area contributed by atoms with Gasteiger partial charge in [0.25, 0.3) is 0 Å². The number of hydrogen-bond donors (Lipinski definition) is 1. The van der Waals surface area contributed by atoms with Gasteiger partial charge in [-0.3, -0.25) is 4.79 Å². The highest BCUT2D eigenvalue weighted by Crippen LogP contribution is 2.25. The molecular formula is C15H15N3O6S2. The molecule has 0 saturated heterocycles. The quantitative estimate of drug-likeness (QED) is 0.601. The first-order valence-electron chi connectivity index (χ1n) is 7.44. The standard InChI is InChI=1S/C15H15N3O6S2/c1-9-15(10(2)23-17-9)26(20,21)16-7-14(19)22-8-11-6-12(24-18-11)13-4-3-5-25-13/h3-6,16H,7-8H2,1-2H3. The molecule has 0 atom stereocenters. The van der Waals surface area contributed by atoms with Gasteiger partial charge in [-0.1, -0.05) is 16.4 Å². The SMILES string of the molecule is Cc1noc(C)c1S(=O)(=O)NCC(=O)OCc1cc(-c2cccs2)on1. The van der Waals surface area contributed by atoms with Crippen molar-refractivity contribution in [2.24, 2.45) is 0 Å². The van der Waals surface area contributed by atoms with E-state index in [0.717, 1.165) is 4.88 Å². The van der Waals surface area contributed by atoms with Crippen LogP contribution in [0.25, 0.3) is 10.6 Å². The lowest BCUT2D eigenvalue weighted by Crippen LogP contribution is -2.31. The Morgan fingerprint density at radius 2 is 2.12 bits per heavy atom. The van der Waals surface area contributed by atoms with Crippen molar-refractivity contribution in [1.29, 1.82) is 0 Å². The van der Waals surface area contributed by atoms with E-state index in [1.54, 1.807) is 6.07 Å². The summed E-state index contributed by atoms with van der Waals surface area (Å²) >= 11 is 1.49. The highest BCUT2D eigenvalue weighted by Gasteiger charge is 2.25. The number of aromatic nitrogens is 2. The Labute approximate surface area is 153 Å². The van der Waals surface area contributed by atoms with E-state index < -0.39 is 22.5 Å². The van der Waals surface area contributed by atoms with Crippen LogP contribution in [-0.2, 0) is 26.2 Å². The van der Waals surface area contributed by atoms with E-state index in [1.807, 2.05) is 17.5 Å². The summed E-state index contributed by atoms with van der Waals surface area (Å²) in [5.41, 5.74) is 0.641. The minimum absolute atomic E-state index is 0.0811. The number of nitrogens with zero attached hydrogens (tertiary/aromatic N) is 2. The van der Waals surface area contributed by atoms with Gasteiger partial charge in [-0.15, -0.1) is 11.3 Å². The fraction of sp³-hybridized carbons (Fsp3) is 0.267. The first kappa shape index (κ1) is 18.3. The zero-order valence-corrected chi connectivity index (χ0v) is 15.5. The van der Waals surface area contributed by atoms with Crippen LogP contribution in [-0.4, -0.2) is 31.2 Å². The monoisotopic (exact) mass is 397 g/mol. The smallest absolute Gasteiger partial charge is 0.321 e. The molecule has 3 aromatic heterocycles. The van der Waals surface area contributed by atoms with E-state index in [1.165, 1.54) is 25.2 Å². The molecule has 3 rings (SSSR count). The van der Waals surface area contributed by atoms with Crippen LogP contribution in [0.2, 0.25) is 0 Å². The van der Waals surface area contributed by atoms with Gasteiger partial charge in [-0.2, -0.15) is 4.72 Å². The van der Waals surface area contributed by atoms with Gasteiger partial charge in [0.1, 0.15) is 29.4 Å². The van der Waals surface area contributed by atoms with Crippen LogP contribution >= 0.6 is 11.3 Å². The third kappa shape index (κ3) is 4.00. The van der Waals surface area contributed by atoms with E-state index in [-0.39, 0.29) is 23.0 Å². The average molecular weight is 397 g/mol. The van der Waals surface area contributed by atoms with Gasteiger partial charge in [0.15, 0.2) is 11.5 Å². The van der Waals surface area contributed by atoms with E-state index in [0.29, 0.717) is 11.5 Å². The molecular weight excluding hydrogens is 382 g/mol. The lowest BCUT2D eigenvalue weighted by molar-refractivity contribution is -0.143. The Hall–Kier alpha value is -2.50. The third-order valence-corrected chi connectivity index (χ3v) is 5.88. The molecule has 0 unspecified atom stereocenters. The van der Waals surface area contributed by atoms with Gasteiger partial charge in [-0.25, -0.2) is 8.42 Å². The maximum absolute atomic E-state index is 12.2. The first-order valence-corrected chi connectivity index (χ1v) is 9.81. The Morgan fingerprint density at radius 3 is 2.77 bits per heavy atom. The van der Waals surface area contributed by atoms with E-state index >= 15 is 0 Å². The summed E-state index contributed by atoms with van der Waals surface area (Å²) in [6, 6.07) is 5.42. The fourth-order valence-corrected chi connectivity index (χ4v) is 4.17. The number of thiophene rings is 1. The summed E-state index contributed by atoms with van der Waals surface area (Å²) in [5.74, 6) is -0.0294. The van der Waals surface area contributed by atoms with Crippen LogP contribution in [0.1, 0.15) is 17.1 Å². The lowest BCUT2D eigenvalue weighted by atomic mass is 10.3. The molecule has 26 heavy (non-hydrogen) atoms. The fourth-order valence-electron chi connectivity index (χ4n) is 2.20. The molecule has 0 aliphatic rings. The maximum Gasteiger partial charge on any atom is 0.321 e.